The lowest BCUT2D eigenvalue weighted by Gasteiger charge is -2.26. The summed E-state index contributed by atoms with van der Waals surface area (Å²) in [5.41, 5.74) is -0.374. The van der Waals surface area contributed by atoms with Crippen LogP contribution in [0.25, 0.3) is 0 Å². The van der Waals surface area contributed by atoms with Crippen molar-refractivity contribution in [3.8, 4) is 0 Å². The van der Waals surface area contributed by atoms with E-state index >= 15 is 0 Å². The van der Waals surface area contributed by atoms with Gasteiger partial charge in [0.15, 0.2) is 4.67 Å². The lowest BCUT2D eigenvalue weighted by atomic mass is 9.80. The Kier molecular flexibility index (Phi) is 2.61. The first-order valence-electron chi connectivity index (χ1n) is 4.48. The second kappa shape index (κ2) is 3.75. The Labute approximate surface area is 91.1 Å². The molecule has 0 saturated heterocycles. The second-order valence-electron chi connectivity index (χ2n) is 3.41. The van der Waals surface area contributed by atoms with E-state index in [0.717, 1.165) is 12.2 Å². The molecule has 0 bridgehead atoms. The number of hydrogen-bond donors (Lipinski definition) is 1. The van der Waals surface area contributed by atoms with E-state index < -0.39 is 0 Å². The maximum Gasteiger partial charge on any atom is 0.169 e. The molecule has 14 heavy (non-hydrogen) atoms. The molecule has 0 amide bonds. The van der Waals surface area contributed by atoms with Crippen molar-refractivity contribution in [3.05, 3.63) is 46.9 Å². The molecule has 0 radical (unpaired) electrons. The Hall–Kier alpha value is -0.800. The van der Waals surface area contributed by atoms with E-state index in [1.165, 1.54) is 0 Å². The molecule has 1 aliphatic rings. The monoisotopic (exact) mass is 254 g/mol. The molecule has 1 aliphatic carbocycles. The summed E-state index contributed by atoms with van der Waals surface area (Å²) < 4.78 is 6.19. The molecule has 1 unspecified atom stereocenters. The van der Waals surface area contributed by atoms with Crippen LogP contribution in [0.5, 0.6) is 0 Å². The number of allylic oxidation sites excluding steroid dienone is 3. The van der Waals surface area contributed by atoms with Crippen molar-refractivity contribution < 1.29 is 9.52 Å². The number of rotatable bonds is 2. The highest BCUT2D eigenvalue weighted by Gasteiger charge is 2.31. The minimum absolute atomic E-state index is 0.0633. The average Bonchev–Trinajstić information content (AvgIpc) is 2.66. The second-order valence-corrected chi connectivity index (χ2v) is 4.19. The molecule has 0 aliphatic heterocycles. The molecule has 1 N–H and O–H groups in total. The first-order chi connectivity index (χ1) is 6.77. The zero-order chi connectivity index (χ0) is 10.0. The van der Waals surface area contributed by atoms with E-state index in [-0.39, 0.29) is 12.0 Å². The van der Waals surface area contributed by atoms with Crippen molar-refractivity contribution in [1.29, 1.82) is 0 Å². The van der Waals surface area contributed by atoms with Gasteiger partial charge in [-0.05, 0) is 34.5 Å². The summed E-state index contributed by atoms with van der Waals surface area (Å²) in [6.07, 6.45) is 8.72. The summed E-state index contributed by atoms with van der Waals surface area (Å²) in [4.78, 5) is 0. The first kappa shape index (κ1) is 9.74. The third-order valence-corrected chi connectivity index (χ3v) is 2.92. The predicted molar refractivity (Wildman–Crippen MR) is 58.1 cm³/mol. The van der Waals surface area contributed by atoms with E-state index in [0.29, 0.717) is 4.67 Å². The maximum atomic E-state index is 9.44. The minimum atomic E-state index is -0.374. The van der Waals surface area contributed by atoms with Gasteiger partial charge < -0.3 is 9.52 Å². The summed E-state index contributed by atoms with van der Waals surface area (Å²) in [6.45, 7) is 0.0633. The minimum Gasteiger partial charge on any atom is -0.453 e. The lowest BCUT2D eigenvalue weighted by Crippen LogP contribution is -2.28. The van der Waals surface area contributed by atoms with E-state index in [1.54, 1.807) is 0 Å². The van der Waals surface area contributed by atoms with Gasteiger partial charge in [0.05, 0.1) is 12.0 Å². The largest absolute Gasteiger partial charge is 0.453 e. The molecule has 1 aromatic rings. The van der Waals surface area contributed by atoms with Crippen LogP contribution < -0.4 is 0 Å². The van der Waals surface area contributed by atoms with Gasteiger partial charge in [-0.2, -0.15) is 0 Å². The first-order valence-corrected chi connectivity index (χ1v) is 5.27. The molecule has 2 rings (SSSR count). The Morgan fingerprint density at radius 1 is 1.43 bits per heavy atom. The number of aliphatic hydroxyl groups excluding tert-OH is 1. The van der Waals surface area contributed by atoms with Crippen LogP contribution in [0.1, 0.15) is 12.2 Å². The van der Waals surface area contributed by atoms with Gasteiger partial charge in [-0.3, -0.25) is 0 Å². The average molecular weight is 255 g/mol. The Balaban J connectivity index is 2.38. The van der Waals surface area contributed by atoms with Gasteiger partial charge in [-0.15, -0.1) is 0 Å². The number of furan rings is 1. The van der Waals surface area contributed by atoms with Crippen LogP contribution in [-0.2, 0) is 5.41 Å². The molecule has 0 saturated carbocycles. The summed E-state index contributed by atoms with van der Waals surface area (Å²) in [6, 6.07) is 3.74. The van der Waals surface area contributed by atoms with Gasteiger partial charge in [0.1, 0.15) is 5.76 Å². The van der Waals surface area contributed by atoms with Gasteiger partial charge >= 0.3 is 0 Å². The zero-order valence-corrected chi connectivity index (χ0v) is 9.20. The van der Waals surface area contributed by atoms with Crippen LogP contribution in [0.4, 0.5) is 0 Å². The molecule has 1 atom stereocenters. The Bertz CT molecular complexity index is 378. The molecular weight excluding hydrogens is 244 g/mol. The molecule has 0 aromatic carbocycles. The highest BCUT2D eigenvalue weighted by atomic mass is 79.9. The summed E-state index contributed by atoms with van der Waals surface area (Å²) >= 11 is 3.26. The third-order valence-electron chi connectivity index (χ3n) is 2.49. The third kappa shape index (κ3) is 1.57. The molecular formula is C11H11BrO2. The van der Waals surface area contributed by atoms with E-state index in [1.807, 2.05) is 36.4 Å². The van der Waals surface area contributed by atoms with Crippen LogP contribution >= 0.6 is 15.9 Å². The summed E-state index contributed by atoms with van der Waals surface area (Å²) in [7, 11) is 0. The summed E-state index contributed by atoms with van der Waals surface area (Å²) in [5.74, 6) is 0.799. The molecule has 0 spiro atoms. The van der Waals surface area contributed by atoms with Gasteiger partial charge in [-0.25, -0.2) is 0 Å². The van der Waals surface area contributed by atoms with E-state index in [9.17, 15) is 5.11 Å². The van der Waals surface area contributed by atoms with Gasteiger partial charge in [-0.1, -0.05) is 24.3 Å². The van der Waals surface area contributed by atoms with Crippen molar-refractivity contribution >= 4 is 15.9 Å². The number of halogens is 1. The van der Waals surface area contributed by atoms with Crippen LogP contribution in [0.15, 0.2) is 45.5 Å². The van der Waals surface area contributed by atoms with Crippen LogP contribution in [-0.4, -0.2) is 11.7 Å². The molecule has 2 nitrogen and oxygen atoms in total. The molecule has 1 heterocycles. The standard InChI is InChI=1S/C11H11BrO2/c12-10-5-4-9(14-10)11(8-13)6-2-1-3-7-11/h1-6,13H,7-8H2. The molecule has 0 fully saturated rings. The number of aliphatic hydroxyl groups is 1. The van der Waals surface area contributed by atoms with Gasteiger partial charge in [0.2, 0.25) is 0 Å². The maximum absolute atomic E-state index is 9.44. The smallest absolute Gasteiger partial charge is 0.169 e. The predicted octanol–water partition coefficient (Wildman–Crippen LogP) is 2.79. The number of hydrogen-bond acceptors (Lipinski definition) is 2. The van der Waals surface area contributed by atoms with Crippen LogP contribution in [0.2, 0.25) is 0 Å². The Morgan fingerprint density at radius 3 is 2.79 bits per heavy atom. The van der Waals surface area contributed by atoms with Crippen LogP contribution in [0.3, 0.4) is 0 Å². The van der Waals surface area contributed by atoms with Crippen molar-refractivity contribution in [3.63, 3.8) is 0 Å². The topological polar surface area (TPSA) is 33.4 Å². The van der Waals surface area contributed by atoms with Crippen molar-refractivity contribution in [2.24, 2.45) is 0 Å². The molecule has 1 aromatic heterocycles. The quantitative estimate of drug-likeness (QED) is 0.881. The molecule has 74 valence electrons. The lowest BCUT2D eigenvalue weighted by molar-refractivity contribution is 0.203. The molecule has 3 heteroatoms. The highest BCUT2D eigenvalue weighted by molar-refractivity contribution is 9.10. The van der Waals surface area contributed by atoms with Gasteiger partial charge in [0, 0.05) is 0 Å². The van der Waals surface area contributed by atoms with Crippen molar-refractivity contribution in [2.75, 3.05) is 6.61 Å². The van der Waals surface area contributed by atoms with Crippen molar-refractivity contribution in [2.45, 2.75) is 11.8 Å². The fraction of sp³-hybridized carbons (Fsp3) is 0.273. The highest BCUT2D eigenvalue weighted by Crippen LogP contribution is 2.34. The normalized spacial score (nSPS) is 25.6. The van der Waals surface area contributed by atoms with Crippen molar-refractivity contribution in [1.82, 2.24) is 0 Å². The zero-order valence-electron chi connectivity index (χ0n) is 7.61. The summed E-state index contributed by atoms with van der Waals surface area (Å²) in [5, 5.41) is 9.44. The fourth-order valence-corrected chi connectivity index (χ4v) is 1.93. The van der Waals surface area contributed by atoms with E-state index in [2.05, 4.69) is 15.9 Å². The fourth-order valence-electron chi connectivity index (χ4n) is 1.62. The Morgan fingerprint density at radius 2 is 2.29 bits per heavy atom. The van der Waals surface area contributed by atoms with Gasteiger partial charge in [0.25, 0.3) is 0 Å². The van der Waals surface area contributed by atoms with E-state index in [4.69, 9.17) is 4.42 Å². The van der Waals surface area contributed by atoms with Crippen LogP contribution in [0, 0.1) is 0 Å². The SMILES string of the molecule is OCC1(c2ccc(Br)o2)C=CC=CC1.